The zero-order valence-corrected chi connectivity index (χ0v) is 9.52. The van der Waals surface area contributed by atoms with Gasteiger partial charge in [-0.15, -0.1) is 0 Å². The van der Waals surface area contributed by atoms with Crippen LogP contribution >= 0.6 is 0 Å². The predicted octanol–water partition coefficient (Wildman–Crippen LogP) is 0.585. The molecule has 16 heavy (non-hydrogen) atoms. The first kappa shape index (κ1) is 11.1. The first-order valence-electron chi connectivity index (χ1n) is 5.73. The molecule has 1 aliphatic rings. The zero-order chi connectivity index (χ0) is 11.5. The monoisotopic (exact) mass is 222 g/mol. The SMILES string of the molecule is CC(CN)CNc1nccn(C2CC2)c1=O. The molecule has 5 heteroatoms. The van der Waals surface area contributed by atoms with Crippen molar-refractivity contribution in [1.29, 1.82) is 0 Å². The molecule has 0 radical (unpaired) electrons. The summed E-state index contributed by atoms with van der Waals surface area (Å²) in [6.45, 7) is 3.33. The molecule has 0 spiro atoms. The van der Waals surface area contributed by atoms with Gasteiger partial charge in [0, 0.05) is 25.0 Å². The van der Waals surface area contributed by atoms with Crippen molar-refractivity contribution in [1.82, 2.24) is 9.55 Å². The molecule has 1 aromatic rings. The number of nitrogens with one attached hydrogen (secondary N) is 1. The van der Waals surface area contributed by atoms with Crippen molar-refractivity contribution in [2.24, 2.45) is 11.7 Å². The Morgan fingerprint density at radius 3 is 3.06 bits per heavy atom. The Kier molecular flexibility index (Phi) is 3.24. The van der Waals surface area contributed by atoms with Crippen LogP contribution in [0, 0.1) is 5.92 Å². The van der Waals surface area contributed by atoms with Gasteiger partial charge in [0.15, 0.2) is 5.82 Å². The van der Waals surface area contributed by atoms with E-state index in [1.54, 1.807) is 17.0 Å². The van der Waals surface area contributed by atoms with E-state index in [-0.39, 0.29) is 5.56 Å². The van der Waals surface area contributed by atoms with Crippen LogP contribution in [0.1, 0.15) is 25.8 Å². The molecule has 2 rings (SSSR count). The molecule has 0 amide bonds. The van der Waals surface area contributed by atoms with Crippen LogP contribution in [-0.4, -0.2) is 22.6 Å². The van der Waals surface area contributed by atoms with Crippen molar-refractivity contribution in [2.75, 3.05) is 18.4 Å². The molecule has 1 heterocycles. The number of nitrogens with two attached hydrogens (primary N) is 1. The van der Waals surface area contributed by atoms with Crippen molar-refractivity contribution in [3.05, 3.63) is 22.7 Å². The van der Waals surface area contributed by atoms with E-state index >= 15 is 0 Å². The highest BCUT2D eigenvalue weighted by atomic mass is 16.1. The van der Waals surface area contributed by atoms with E-state index in [9.17, 15) is 4.79 Å². The molecule has 1 unspecified atom stereocenters. The molecule has 3 N–H and O–H groups in total. The van der Waals surface area contributed by atoms with Gasteiger partial charge in [0.1, 0.15) is 0 Å². The highest BCUT2D eigenvalue weighted by molar-refractivity contribution is 5.31. The van der Waals surface area contributed by atoms with Gasteiger partial charge in [-0.05, 0) is 25.3 Å². The minimum atomic E-state index is -0.0192. The summed E-state index contributed by atoms with van der Waals surface area (Å²) in [5.41, 5.74) is 5.50. The van der Waals surface area contributed by atoms with E-state index in [1.807, 2.05) is 6.92 Å². The minimum Gasteiger partial charge on any atom is -0.365 e. The summed E-state index contributed by atoms with van der Waals surface area (Å²) < 4.78 is 1.77. The third-order valence-electron chi connectivity index (χ3n) is 2.83. The lowest BCUT2D eigenvalue weighted by molar-refractivity contribution is 0.623. The van der Waals surface area contributed by atoms with E-state index in [4.69, 9.17) is 5.73 Å². The zero-order valence-electron chi connectivity index (χ0n) is 9.52. The number of nitrogens with zero attached hydrogens (tertiary/aromatic N) is 2. The molecule has 0 aromatic carbocycles. The molecule has 5 nitrogen and oxygen atoms in total. The number of hydrogen-bond donors (Lipinski definition) is 2. The van der Waals surface area contributed by atoms with E-state index in [0.717, 1.165) is 12.8 Å². The lowest BCUT2D eigenvalue weighted by Gasteiger charge is -2.11. The number of hydrogen-bond acceptors (Lipinski definition) is 4. The average molecular weight is 222 g/mol. The second-order valence-electron chi connectivity index (χ2n) is 4.44. The maximum Gasteiger partial charge on any atom is 0.293 e. The van der Waals surface area contributed by atoms with Gasteiger partial charge in [-0.1, -0.05) is 6.92 Å². The number of anilines is 1. The fourth-order valence-electron chi connectivity index (χ4n) is 1.54. The molecule has 88 valence electrons. The van der Waals surface area contributed by atoms with Crippen LogP contribution in [0.2, 0.25) is 0 Å². The smallest absolute Gasteiger partial charge is 0.293 e. The molecule has 1 aliphatic carbocycles. The number of rotatable bonds is 5. The normalized spacial score (nSPS) is 17.1. The van der Waals surface area contributed by atoms with E-state index in [1.165, 1.54) is 0 Å². The van der Waals surface area contributed by atoms with Gasteiger partial charge in [0.2, 0.25) is 0 Å². The topological polar surface area (TPSA) is 72.9 Å². The maximum atomic E-state index is 12.0. The standard InChI is InChI=1S/C11H18N4O/c1-8(6-12)7-14-10-11(16)15(5-4-13-10)9-2-3-9/h4-5,8-9H,2-3,6-7,12H2,1H3,(H,13,14). The van der Waals surface area contributed by atoms with Gasteiger partial charge in [-0.25, -0.2) is 4.98 Å². The first-order chi connectivity index (χ1) is 7.72. The van der Waals surface area contributed by atoms with Gasteiger partial charge in [0.25, 0.3) is 5.56 Å². The van der Waals surface area contributed by atoms with E-state index < -0.39 is 0 Å². The average Bonchev–Trinajstić information content (AvgIpc) is 3.11. The lowest BCUT2D eigenvalue weighted by Crippen LogP contribution is -2.27. The summed E-state index contributed by atoms with van der Waals surface area (Å²) >= 11 is 0. The van der Waals surface area contributed by atoms with Crippen LogP contribution in [0.25, 0.3) is 0 Å². The Morgan fingerprint density at radius 2 is 2.44 bits per heavy atom. The van der Waals surface area contributed by atoms with E-state index in [2.05, 4.69) is 10.3 Å². The second-order valence-corrected chi connectivity index (χ2v) is 4.44. The van der Waals surface area contributed by atoms with Gasteiger partial charge in [0.05, 0.1) is 0 Å². The van der Waals surface area contributed by atoms with Crippen molar-refractivity contribution in [2.45, 2.75) is 25.8 Å². The summed E-state index contributed by atoms with van der Waals surface area (Å²) in [4.78, 5) is 16.0. The molecule has 0 saturated heterocycles. The fourth-order valence-corrected chi connectivity index (χ4v) is 1.54. The molecule has 0 aliphatic heterocycles. The molecular weight excluding hydrogens is 204 g/mol. The largest absolute Gasteiger partial charge is 0.365 e. The highest BCUT2D eigenvalue weighted by Crippen LogP contribution is 2.33. The maximum absolute atomic E-state index is 12.0. The minimum absolute atomic E-state index is 0.0192. The van der Waals surface area contributed by atoms with Crippen LogP contribution in [0.3, 0.4) is 0 Å². The van der Waals surface area contributed by atoms with Crippen LogP contribution < -0.4 is 16.6 Å². The van der Waals surface area contributed by atoms with Gasteiger partial charge < -0.3 is 15.6 Å². The Morgan fingerprint density at radius 1 is 1.69 bits per heavy atom. The fraction of sp³-hybridized carbons (Fsp3) is 0.636. The van der Waals surface area contributed by atoms with Crippen LogP contribution in [0.15, 0.2) is 17.2 Å². The Bertz CT molecular complexity index is 411. The third kappa shape index (κ3) is 2.41. The van der Waals surface area contributed by atoms with Crippen molar-refractivity contribution in [3.8, 4) is 0 Å². The van der Waals surface area contributed by atoms with Crippen LogP contribution in [-0.2, 0) is 0 Å². The summed E-state index contributed by atoms with van der Waals surface area (Å²) in [7, 11) is 0. The predicted molar refractivity (Wildman–Crippen MR) is 63.5 cm³/mol. The summed E-state index contributed by atoms with van der Waals surface area (Å²) in [5, 5.41) is 3.06. The lowest BCUT2D eigenvalue weighted by atomic mass is 10.2. The molecule has 1 saturated carbocycles. The van der Waals surface area contributed by atoms with Gasteiger partial charge in [-0.3, -0.25) is 4.79 Å². The first-order valence-corrected chi connectivity index (χ1v) is 5.73. The quantitative estimate of drug-likeness (QED) is 0.764. The Balaban J connectivity index is 2.09. The summed E-state index contributed by atoms with van der Waals surface area (Å²) in [5.74, 6) is 0.783. The Hall–Kier alpha value is -1.36. The summed E-state index contributed by atoms with van der Waals surface area (Å²) in [6, 6.07) is 0.392. The number of aromatic nitrogens is 2. The highest BCUT2D eigenvalue weighted by Gasteiger charge is 2.25. The van der Waals surface area contributed by atoms with E-state index in [0.29, 0.717) is 30.9 Å². The molecule has 0 bridgehead atoms. The molecular formula is C11H18N4O. The third-order valence-corrected chi connectivity index (χ3v) is 2.83. The van der Waals surface area contributed by atoms with Crippen molar-refractivity contribution < 1.29 is 0 Å². The van der Waals surface area contributed by atoms with Crippen LogP contribution in [0.4, 0.5) is 5.82 Å². The summed E-state index contributed by atoms with van der Waals surface area (Å²) in [6.07, 6.45) is 5.64. The van der Waals surface area contributed by atoms with Crippen molar-refractivity contribution >= 4 is 5.82 Å². The van der Waals surface area contributed by atoms with Crippen LogP contribution in [0.5, 0.6) is 0 Å². The molecule has 1 atom stereocenters. The van der Waals surface area contributed by atoms with Gasteiger partial charge in [-0.2, -0.15) is 0 Å². The molecule has 1 aromatic heterocycles. The van der Waals surface area contributed by atoms with Crippen molar-refractivity contribution in [3.63, 3.8) is 0 Å². The second kappa shape index (κ2) is 4.65. The Labute approximate surface area is 94.7 Å². The van der Waals surface area contributed by atoms with Gasteiger partial charge >= 0.3 is 0 Å². The molecule has 1 fully saturated rings.